The van der Waals surface area contributed by atoms with Crippen LogP contribution in [-0.4, -0.2) is 73.2 Å². The summed E-state index contributed by atoms with van der Waals surface area (Å²) < 4.78 is 11.3. The van der Waals surface area contributed by atoms with Gasteiger partial charge in [-0.1, -0.05) is 0 Å². The summed E-state index contributed by atoms with van der Waals surface area (Å²) in [6, 6.07) is 0. The lowest BCUT2D eigenvalue weighted by atomic mass is 9.92. The lowest BCUT2D eigenvalue weighted by molar-refractivity contribution is -0.133. The predicted octanol–water partition coefficient (Wildman–Crippen LogP) is 3.77. The summed E-state index contributed by atoms with van der Waals surface area (Å²) in [6.45, 7) is 7.24. The molecule has 0 aromatic rings. The van der Waals surface area contributed by atoms with Crippen LogP contribution in [0.3, 0.4) is 0 Å². The first-order chi connectivity index (χ1) is 14.7. The Morgan fingerprint density at radius 2 is 1.53 bits per heavy atom. The Morgan fingerprint density at radius 3 is 2.10 bits per heavy atom. The first-order valence-electron chi connectivity index (χ1n) is 12.4. The smallest absolute Gasteiger partial charge is 0.222 e. The van der Waals surface area contributed by atoms with Crippen molar-refractivity contribution in [2.75, 3.05) is 39.4 Å². The average Bonchev–Trinajstić information content (AvgIpc) is 3.48. The van der Waals surface area contributed by atoms with Gasteiger partial charge in [0, 0.05) is 52.2 Å². The number of ether oxygens (including phenoxy) is 2. The van der Waals surface area contributed by atoms with Crippen LogP contribution in [0.15, 0.2) is 0 Å². The maximum atomic E-state index is 12.5. The van der Waals surface area contributed by atoms with Crippen molar-refractivity contribution in [1.82, 2.24) is 9.80 Å². The molecule has 0 aromatic carbocycles. The molecule has 0 N–H and O–H groups in total. The third-order valence-corrected chi connectivity index (χ3v) is 7.15. The molecule has 0 saturated carbocycles. The van der Waals surface area contributed by atoms with Gasteiger partial charge in [0.15, 0.2) is 0 Å². The quantitative estimate of drug-likeness (QED) is 0.509. The maximum absolute atomic E-state index is 12.5. The number of rotatable bonds is 11. The summed E-state index contributed by atoms with van der Waals surface area (Å²) in [6.07, 6.45) is 12.5. The van der Waals surface area contributed by atoms with Gasteiger partial charge in [-0.25, -0.2) is 0 Å². The standard InChI is InChI=1S/C24H42N2O4/c1-2-25(23(27)11-9-21-7-4-18-29-21)15-3-6-20-13-16-26(17-14-20)24(28)12-10-22-8-5-19-30-22/h20-22H,2-19H2,1H3. The van der Waals surface area contributed by atoms with Gasteiger partial charge in [0.1, 0.15) is 0 Å². The molecule has 3 aliphatic rings. The molecule has 3 saturated heterocycles. The summed E-state index contributed by atoms with van der Waals surface area (Å²) in [5.41, 5.74) is 0. The van der Waals surface area contributed by atoms with Gasteiger partial charge in [-0.15, -0.1) is 0 Å². The van der Waals surface area contributed by atoms with Crippen LogP contribution < -0.4 is 0 Å². The number of hydrogen-bond acceptors (Lipinski definition) is 4. The van der Waals surface area contributed by atoms with Gasteiger partial charge < -0.3 is 19.3 Å². The van der Waals surface area contributed by atoms with E-state index in [0.717, 1.165) is 104 Å². The van der Waals surface area contributed by atoms with Gasteiger partial charge >= 0.3 is 0 Å². The minimum absolute atomic E-state index is 0.277. The highest BCUT2D eigenvalue weighted by Gasteiger charge is 2.25. The molecule has 0 bridgehead atoms. The highest BCUT2D eigenvalue weighted by Crippen LogP contribution is 2.24. The lowest BCUT2D eigenvalue weighted by Gasteiger charge is -2.32. The monoisotopic (exact) mass is 422 g/mol. The molecule has 6 heteroatoms. The van der Waals surface area contributed by atoms with Crippen LogP contribution in [-0.2, 0) is 19.1 Å². The third-order valence-electron chi connectivity index (χ3n) is 7.15. The van der Waals surface area contributed by atoms with Crippen LogP contribution in [0.1, 0.15) is 84.0 Å². The lowest BCUT2D eigenvalue weighted by Crippen LogP contribution is -2.39. The largest absolute Gasteiger partial charge is 0.378 e. The highest BCUT2D eigenvalue weighted by atomic mass is 16.5. The Bertz CT molecular complexity index is 521. The Morgan fingerprint density at radius 1 is 0.900 bits per heavy atom. The van der Waals surface area contributed by atoms with Gasteiger partial charge in [-0.3, -0.25) is 9.59 Å². The molecular weight excluding hydrogens is 380 g/mol. The summed E-state index contributed by atoms with van der Waals surface area (Å²) in [7, 11) is 0. The Balaban J connectivity index is 1.26. The number of carbonyl (C=O) groups excluding carboxylic acids is 2. The molecule has 0 aromatic heterocycles. The van der Waals surface area contributed by atoms with E-state index in [1.165, 1.54) is 0 Å². The third kappa shape index (κ3) is 7.52. The SMILES string of the molecule is CCN(CCCC1CCN(C(=O)CCC2CCCO2)CC1)C(=O)CCC1CCCO1. The van der Waals surface area contributed by atoms with Gasteiger partial charge in [0.05, 0.1) is 12.2 Å². The van der Waals surface area contributed by atoms with Crippen molar-refractivity contribution in [3.8, 4) is 0 Å². The van der Waals surface area contributed by atoms with Gasteiger partial charge in [0.25, 0.3) is 0 Å². The predicted molar refractivity (Wildman–Crippen MR) is 117 cm³/mol. The fourth-order valence-corrected chi connectivity index (χ4v) is 5.13. The highest BCUT2D eigenvalue weighted by molar-refractivity contribution is 5.76. The first-order valence-corrected chi connectivity index (χ1v) is 12.4. The van der Waals surface area contributed by atoms with E-state index >= 15 is 0 Å². The second-order valence-corrected chi connectivity index (χ2v) is 9.29. The van der Waals surface area contributed by atoms with E-state index in [1.807, 2.05) is 4.90 Å². The van der Waals surface area contributed by atoms with E-state index < -0.39 is 0 Å². The molecule has 0 radical (unpaired) electrons. The molecule has 3 rings (SSSR count). The summed E-state index contributed by atoms with van der Waals surface area (Å²) in [5.74, 6) is 1.27. The van der Waals surface area contributed by atoms with E-state index in [2.05, 4.69) is 11.8 Å². The second-order valence-electron chi connectivity index (χ2n) is 9.29. The molecule has 30 heavy (non-hydrogen) atoms. The van der Waals surface area contributed by atoms with Crippen molar-refractivity contribution in [3.05, 3.63) is 0 Å². The van der Waals surface area contributed by atoms with Crippen molar-refractivity contribution in [3.63, 3.8) is 0 Å². The number of nitrogens with zero attached hydrogens (tertiary/aromatic N) is 2. The number of hydrogen-bond donors (Lipinski definition) is 0. The van der Waals surface area contributed by atoms with Crippen molar-refractivity contribution >= 4 is 11.8 Å². The molecule has 172 valence electrons. The maximum Gasteiger partial charge on any atom is 0.222 e. The van der Waals surface area contributed by atoms with E-state index in [9.17, 15) is 9.59 Å². The molecule has 3 fully saturated rings. The molecule has 3 heterocycles. The molecule has 2 amide bonds. The second kappa shape index (κ2) is 12.7. The fraction of sp³-hybridized carbons (Fsp3) is 0.917. The zero-order chi connectivity index (χ0) is 21.2. The van der Waals surface area contributed by atoms with Crippen molar-refractivity contribution in [1.29, 1.82) is 0 Å². The Labute approximate surface area is 182 Å². The van der Waals surface area contributed by atoms with Crippen LogP contribution in [0.5, 0.6) is 0 Å². The summed E-state index contributed by atoms with van der Waals surface area (Å²) >= 11 is 0. The molecule has 2 atom stereocenters. The zero-order valence-corrected chi connectivity index (χ0v) is 19.0. The normalized spacial score (nSPS) is 25.0. The molecule has 3 aliphatic heterocycles. The van der Waals surface area contributed by atoms with Crippen LogP contribution >= 0.6 is 0 Å². The number of carbonyl (C=O) groups is 2. The number of amides is 2. The van der Waals surface area contributed by atoms with E-state index in [4.69, 9.17) is 9.47 Å². The average molecular weight is 423 g/mol. The number of piperidine rings is 1. The van der Waals surface area contributed by atoms with Crippen LogP contribution in [0, 0.1) is 5.92 Å². The summed E-state index contributed by atoms with van der Waals surface area (Å²) in [5, 5.41) is 0. The van der Waals surface area contributed by atoms with Gasteiger partial charge in [0.2, 0.25) is 11.8 Å². The van der Waals surface area contributed by atoms with Crippen molar-refractivity contribution < 1.29 is 19.1 Å². The fourth-order valence-electron chi connectivity index (χ4n) is 5.13. The number of likely N-dealkylation sites (tertiary alicyclic amines) is 1. The van der Waals surface area contributed by atoms with E-state index in [-0.39, 0.29) is 5.91 Å². The Hall–Kier alpha value is -1.14. The summed E-state index contributed by atoms with van der Waals surface area (Å²) in [4.78, 5) is 29.0. The van der Waals surface area contributed by atoms with Crippen LogP contribution in [0.2, 0.25) is 0 Å². The minimum Gasteiger partial charge on any atom is -0.378 e. The first kappa shape index (κ1) is 23.5. The Kier molecular flexibility index (Phi) is 9.92. The van der Waals surface area contributed by atoms with E-state index in [0.29, 0.717) is 36.9 Å². The topological polar surface area (TPSA) is 59.1 Å². The van der Waals surface area contributed by atoms with E-state index in [1.54, 1.807) is 0 Å². The van der Waals surface area contributed by atoms with Crippen LogP contribution in [0.25, 0.3) is 0 Å². The van der Waals surface area contributed by atoms with Crippen molar-refractivity contribution in [2.45, 2.75) is 96.2 Å². The molecule has 2 unspecified atom stereocenters. The molecule has 6 nitrogen and oxygen atoms in total. The molecular formula is C24H42N2O4. The molecule has 0 spiro atoms. The zero-order valence-electron chi connectivity index (χ0n) is 19.0. The van der Waals surface area contributed by atoms with Gasteiger partial charge in [-0.2, -0.15) is 0 Å². The van der Waals surface area contributed by atoms with Crippen molar-refractivity contribution in [2.24, 2.45) is 5.92 Å². The van der Waals surface area contributed by atoms with Crippen LogP contribution in [0.4, 0.5) is 0 Å². The van der Waals surface area contributed by atoms with Gasteiger partial charge in [-0.05, 0) is 77.0 Å². The molecule has 0 aliphatic carbocycles. The minimum atomic E-state index is 0.277.